The number of rotatable bonds is 11. The van der Waals surface area contributed by atoms with Crippen molar-refractivity contribution in [1.29, 1.82) is 0 Å². The summed E-state index contributed by atoms with van der Waals surface area (Å²) in [6, 6.07) is 6.23. The first-order valence-electron chi connectivity index (χ1n) is 12.4. The predicted octanol–water partition coefficient (Wildman–Crippen LogP) is 3.17. The van der Waals surface area contributed by atoms with E-state index in [1.807, 2.05) is 32.7 Å². The number of H-pyrrole nitrogens is 1. The van der Waals surface area contributed by atoms with E-state index in [4.69, 9.17) is 0 Å². The SMILES string of the molecule is CCC(CC(C)=O)C(NC(=O)c1ccc(N(C)Cc2cnc3nc(C(C)C)[nH]c(=O)c3n2)cc1)C(C)=O. The van der Waals surface area contributed by atoms with E-state index in [1.54, 1.807) is 30.5 Å². The zero-order valence-corrected chi connectivity index (χ0v) is 22.2. The van der Waals surface area contributed by atoms with Crippen molar-refractivity contribution in [2.75, 3.05) is 11.9 Å². The first kappa shape index (κ1) is 27.6. The van der Waals surface area contributed by atoms with Gasteiger partial charge in [-0.15, -0.1) is 0 Å². The van der Waals surface area contributed by atoms with Gasteiger partial charge in [0.1, 0.15) is 11.6 Å². The van der Waals surface area contributed by atoms with Crippen molar-refractivity contribution in [2.24, 2.45) is 5.92 Å². The van der Waals surface area contributed by atoms with Gasteiger partial charge in [0.05, 0.1) is 24.5 Å². The van der Waals surface area contributed by atoms with Crippen molar-refractivity contribution >= 4 is 34.3 Å². The number of fused-ring (bicyclic) bond motifs is 1. The zero-order chi connectivity index (χ0) is 27.3. The minimum Gasteiger partial charge on any atom is -0.369 e. The molecule has 0 aliphatic heterocycles. The summed E-state index contributed by atoms with van der Waals surface area (Å²) < 4.78 is 0. The van der Waals surface area contributed by atoms with Crippen molar-refractivity contribution in [1.82, 2.24) is 25.3 Å². The van der Waals surface area contributed by atoms with Gasteiger partial charge in [-0.2, -0.15) is 0 Å². The van der Waals surface area contributed by atoms with Crippen LogP contribution in [0.3, 0.4) is 0 Å². The highest BCUT2D eigenvalue weighted by atomic mass is 16.2. The molecule has 0 bridgehead atoms. The van der Waals surface area contributed by atoms with E-state index in [0.29, 0.717) is 35.7 Å². The van der Waals surface area contributed by atoms with Gasteiger partial charge in [0, 0.05) is 30.6 Å². The summed E-state index contributed by atoms with van der Waals surface area (Å²) in [5, 5.41) is 2.80. The Kier molecular flexibility index (Phi) is 8.86. The highest BCUT2D eigenvalue weighted by Crippen LogP contribution is 2.19. The lowest BCUT2D eigenvalue weighted by molar-refractivity contribution is -0.121. The Morgan fingerprint density at radius 2 is 1.76 bits per heavy atom. The van der Waals surface area contributed by atoms with Crippen molar-refractivity contribution in [3.63, 3.8) is 0 Å². The minimum absolute atomic E-state index is 0.0166. The number of nitrogens with zero attached hydrogens (tertiary/aromatic N) is 4. The summed E-state index contributed by atoms with van der Waals surface area (Å²) in [7, 11) is 1.87. The van der Waals surface area contributed by atoms with E-state index in [9.17, 15) is 19.2 Å². The van der Waals surface area contributed by atoms with Crippen LogP contribution >= 0.6 is 0 Å². The molecular formula is C27H34N6O4. The molecule has 2 aromatic heterocycles. The Hall–Kier alpha value is -3.95. The largest absolute Gasteiger partial charge is 0.369 e. The Morgan fingerprint density at radius 3 is 2.32 bits per heavy atom. The number of Topliss-reactive ketones (excluding diaryl/α,β-unsaturated/α-hetero) is 2. The molecule has 10 heteroatoms. The number of carbonyl (C=O) groups is 3. The number of hydrogen-bond donors (Lipinski definition) is 2. The third-order valence-corrected chi connectivity index (χ3v) is 6.27. The number of aromatic amines is 1. The molecule has 0 radical (unpaired) electrons. The fourth-order valence-corrected chi connectivity index (χ4v) is 4.17. The maximum absolute atomic E-state index is 12.8. The van der Waals surface area contributed by atoms with Crippen molar-refractivity contribution in [2.45, 2.75) is 66.0 Å². The average Bonchev–Trinajstić information content (AvgIpc) is 2.85. The average molecular weight is 507 g/mol. The lowest BCUT2D eigenvalue weighted by Gasteiger charge is -2.24. The number of carbonyl (C=O) groups excluding carboxylic acids is 3. The van der Waals surface area contributed by atoms with Crippen LogP contribution in [0.1, 0.15) is 75.3 Å². The Morgan fingerprint density at radius 1 is 1.08 bits per heavy atom. The van der Waals surface area contributed by atoms with Crippen LogP contribution in [0.2, 0.25) is 0 Å². The molecule has 0 aliphatic carbocycles. The Labute approximate surface area is 215 Å². The molecule has 2 N–H and O–H groups in total. The van der Waals surface area contributed by atoms with Gasteiger partial charge < -0.3 is 20.0 Å². The van der Waals surface area contributed by atoms with Crippen LogP contribution in [0, 0.1) is 5.92 Å². The molecule has 37 heavy (non-hydrogen) atoms. The van der Waals surface area contributed by atoms with Crippen LogP contribution < -0.4 is 15.8 Å². The second-order valence-electron chi connectivity index (χ2n) is 9.68. The second-order valence-corrected chi connectivity index (χ2v) is 9.68. The lowest BCUT2D eigenvalue weighted by atomic mass is 9.89. The highest BCUT2D eigenvalue weighted by Gasteiger charge is 2.27. The van der Waals surface area contributed by atoms with Gasteiger partial charge in [-0.25, -0.2) is 15.0 Å². The smallest absolute Gasteiger partial charge is 0.279 e. The van der Waals surface area contributed by atoms with Gasteiger partial charge in [-0.05, 0) is 44.0 Å². The van der Waals surface area contributed by atoms with E-state index >= 15 is 0 Å². The molecular weight excluding hydrogens is 472 g/mol. The summed E-state index contributed by atoms with van der Waals surface area (Å²) in [6.07, 6.45) is 2.44. The van der Waals surface area contributed by atoms with Gasteiger partial charge >= 0.3 is 0 Å². The first-order valence-corrected chi connectivity index (χ1v) is 12.4. The van der Waals surface area contributed by atoms with E-state index < -0.39 is 6.04 Å². The molecule has 1 amide bonds. The molecule has 0 fully saturated rings. The Bertz CT molecular complexity index is 1350. The van der Waals surface area contributed by atoms with Gasteiger partial charge in [-0.3, -0.25) is 14.4 Å². The topological polar surface area (TPSA) is 138 Å². The summed E-state index contributed by atoms with van der Waals surface area (Å²) in [4.78, 5) is 66.9. The van der Waals surface area contributed by atoms with Crippen LogP contribution in [0.15, 0.2) is 35.3 Å². The van der Waals surface area contributed by atoms with Gasteiger partial charge in [-0.1, -0.05) is 27.2 Å². The number of nitrogens with one attached hydrogen (secondary N) is 2. The van der Waals surface area contributed by atoms with E-state index in [2.05, 4.69) is 25.3 Å². The molecule has 0 saturated carbocycles. The standard InChI is InChI=1S/C27H34N6O4/c1-7-18(12-16(4)34)22(17(5)35)30-26(36)19-8-10-21(11-9-19)33(6)14-20-13-28-25-23(29-20)27(37)32-24(31-25)15(2)3/h8-11,13,15,18,22H,7,12,14H2,1-6H3,(H,30,36)(H,28,31,32,37). The number of aromatic nitrogens is 4. The van der Waals surface area contributed by atoms with E-state index in [-0.39, 0.29) is 46.8 Å². The quantitative estimate of drug-likeness (QED) is 0.404. The van der Waals surface area contributed by atoms with Crippen LogP contribution in [-0.2, 0) is 16.1 Å². The molecule has 2 heterocycles. The molecule has 0 spiro atoms. The zero-order valence-electron chi connectivity index (χ0n) is 22.2. The first-order chi connectivity index (χ1) is 17.5. The molecule has 2 unspecified atom stereocenters. The van der Waals surface area contributed by atoms with Gasteiger partial charge in [0.25, 0.3) is 11.5 Å². The fraction of sp³-hybridized carbons (Fsp3) is 0.444. The summed E-state index contributed by atoms with van der Waals surface area (Å²) in [5.74, 6) is -0.173. The Balaban J connectivity index is 1.72. The van der Waals surface area contributed by atoms with Gasteiger partial charge in [0.2, 0.25) is 0 Å². The van der Waals surface area contributed by atoms with Crippen molar-refractivity contribution < 1.29 is 14.4 Å². The maximum atomic E-state index is 12.8. The van der Waals surface area contributed by atoms with Crippen molar-refractivity contribution in [3.05, 3.63) is 57.9 Å². The molecule has 0 saturated heterocycles. The number of hydrogen-bond acceptors (Lipinski definition) is 8. The fourth-order valence-electron chi connectivity index (χ4n) is 4.17. The number of ketones is 2. The summed E-state index contributed by atoms with van der Waals surface area (Å²) in [5.41, 5.74) is 2.02. The molecule has 196 valence electrons. The molecule has 1 aromatic carbocycles. The van der Waals surface area contributed by atoms with E-state index in [1.165, 1.54) is 13.8 Å². The van der Waals surface area contributed by atoms with Crippen LogP contribution in [0.25, 0.3) is 11.2 Å². The third kappa shape index (κ3) is 6.84. The maximum Gasteiger partial charge on any atom is 0.279 e. The predicted molar refractivity (Wildman–Crippen MR) is 142 cm³/mol. The monoisotopic (exact) mass is 506 g/mol. The molecule has 3 rings (SSSR count). The van der Waals surface area contributed by atoms with Crippen LogP contribution in [-0.4, -0.2) is 50.5 Å². The van der Waals surface area contributed by atoms with Crippen LogP contribution in [0.4, 0.5) is 5.69 Å². The molecule has 10 nitrogen and oxygen atoms in total. The van der Waals surface area contributed by atoms with Gasteiger partial charge in [0.15, 0.2) is 16.9 Å². The summed E-state index contributed by atoms with van der Waals surface area (Å²) in [6.45, 7) is 9.07. The van der Waals surface area contributed by atoms with E-state index in [0.717, 1.165) is 5.69 Å². The number of anilines is 1. The normalized spacial score (nSPS) is 12.8. The summed E-state index contributed by atoms with van der Waals surface area (Å²) >= 11 is 0. The third-order valence-electron chi connectivity index (χ3n) is 6.27. The van der Waals surface area contributed by atoms with Crippen molar-refractivity contribution in [3.8, 4) is 0 Å². The molecule has 3 aromatic rings. The second kappa shape index (κ2) is 11.9. The number of benzene rings is 1. The molecule has 0 aliphatic rings. The number of amides is 1. The highest BCUT2D eigenvalue weighted by molar-refractivity contribution is 5.98. The minimum atomic E-state index is -0.718. The lowest BCUT2D eigenvalue weighted by Crippen LogP contribution is -2.45. The van der Waals surface area contributed by atoms with Crippen LogP contribution in [0.5, 0.6) is 0 Å². The molecule has 2 atom stereocenters.